The van der Waals surface area contributed by atoms with Gasteiger partial charge in [-0.15, -0.1) is 0 Å². The van der Waals surface area contributed by atoms with E-state index >= 15 is 0 Å². The Bertz CT molecular complexity index is 270. The van der Waals surface area contributed by atoms with Gasteiger partial charge in [-0.3, -0.25) is 0 Å². The summed E-state index contributed by atoms with van der Waals surface area (Å²) in [6.07, 6.45) is 9.72. The molecule has 1 spiro atoms. The zero-order chi connectivity index (χ0) is 8.45. The van der Waals surface area contributed by atoms with Gasteiger partial charge in [-0.2, -0.15) is 0 Å². The molecule has 0 aromatic carbocycles. The maximum Gasteiger partial charge on any atom is 0.0498 e. The van der Waals surface area contributed by atoms with E-state index in [-0.39, 0.29) is 5.41 Å². The lowest BCUT2D eigenvalue weighted by Crippen LogP contribution is -2.29. The smallest absolute Gasteiger partial charge is 0.0498 e. The first kappa shape index (κ1) is 7.14. The van der Waals surface area contributed by atoms with E-state index in [1.807, 2.05) is 0 Å². The van der Waals surface area contributed by atoms with E-state index in [4.69, 9.17) is 0 Å². The minimum atomic E-state index is 0.266. The van der Waals surface area contributed by atoms with Crippen molar-refractivity contribution in [3.8, 4) is 0 Å². The van der Waals surface area contributed by atoms with Gasteiger partial charge in [0.2, 0.25) is 0 Å². The predicted octanol–water partition coefficient (Wildman–Crippen LogP) is 2.12. The summed E-state index contributed by atoms with van der Waals surface area (Å²) in [6.45, 7) is 2.79. The first-order valence-electron chi connectivity index (χ1n) is 4.97. The highest BCUT2D eigenvalue weighted by atomic mass is 16.3. The Balaban J connectivity index is 2.09. The fourth-order valence-corrected chi connectivity index (χ4v) is 3.94. The largest absolute Gasteiger partial charge is 0.396 e. The normalized spacial score (nSPS) is 60.2. The maximum atomic E-state index is 9.49. The van der Waals surface area contributed by atoms with Crippen molar-refractivity contribution in [1.82, 2.24) is 0 Å². The van der Waals surface area contributed by atoms with E-state index in [0.29, 0.717) is 17.4 Å². The summed E-state index contributed by atoms with van der Waals surface area (Å²) in [5.41, 5.74) is 1.25. The van der Waals surface area contributed by atoms with Gasteiger partial charge >= 0.3 is 0 Å². The van der Waals surface area contributed by atoms with Gasteiger partial charge in [-0.1, -0.05) is 19.1 Å². The summed E-state index contributed by atoms with van der Waals surface area (Å²) in [5.74, 6) is 0. The highest BCUT2D eigenvalue weighted by Crippen LogP contribution is 2.83. The van der Waals surface area contributed by atoms with Crippen LogP contribution in [0.5, 0.6) is 0 Å². The third-order valence-electron chi connectivity index (χ3n) is 4.94. The molecule has 0 saturated heterocycles. The van der Waals surface area contributed by atoms with Crippen LogP contribution in [0.25, 0.3) is 0 Å². The predicted molar refractivity (Wildman–Crippen MR) is 47.7 cm³/mol. The van der Waals surface area contributed by atoms with E-state index in [0.717, 1.165) is 6.42 Å². The van der Waals surface area contributed by atoms with Gasteiger partial charge < -0.3 is 5.11 Å². The molecule has 2 saturated carbocycles. The molecule has 0 aromatic rings. The van der Waals surface area contributed by atoms with Crippen molar-refractivity contribution >= 4 is 0 Å². The van der Waals surface area contributed by atoms with Crippen molar-refractivity contribution in [2.45, 2.75) is 32.6 Å². The minimum Gasteiger partial charge on any atom is -0.396 e. The van der Waals surface area contributed by atoms with Crippen molar-refractivity contribution in [2.24, 2.45) is 16.2 Å². The number of aliphatic hydroxyl groups is 1. The molecule has 3 aliphatic rings. The average molecular weight is 164 g/mol. The summed E-state index contributed by atoms with van der Waals surface area (Å²) >= 11 is 0. The van der Waals surface area contributed by atoms with Crippen LogP contribution >= 0.6 is 0 Å². The SMILES string of the molecule is CC12CCC3(CO)CC=CC13C2. The van der Waals surface area contributed by atoms with Crippen molar-refractivity contribution in [3.63, 3.8) is 0 Å². The van der Waals surface area contributed by atoms with Crippen LogP contribution in [0.2, 0.25) is 0 Å². The third kappa shape index (κ3) is 0.466. The fourth-order valence-electron chi connectivity index (χ4n) is 3.94. The molecule has 1 N–H and O–H groups in total. The molecular formula is C11H16O. The van der Waals surface area contributed by atoms with E-state index < -0.39 is 0 Å². The van der Waals surface area contributed by atoms with Crippen LogP contribution in [0, 0.1) is 16.2 Å². The van der Waals surface area contributed by atoms with Crippen LogP contribution < -0.4 is 0 Å². The molecule has 0 amide bonds. The van der Waals surface area contributed by atoms with Gasteiger partial charge in [0, 0.05) is 17.4 Å². The number of aliphatic hydroxyl groups excluding tert-OH is 1. The van der Waals surface area contributed by atoms with Crippen LogP contribution in [0.4, 0.5) is 0 Å². The lowest BCUT2D eigenvalue weighted by molar-refractivity contribution is 0.0891. The van der Waals surface area contributed by atoms with Gasteiger partial charge in [0.05, 0.1) is 0 Å². The van der Waals surface area contributed by atoms with Gasteiger partial charge in [0.15, 0.2) is 0 Å². The van der Waals surface area contributed by atoms with Gasteiger partial charge in [0.1, 0.15) is 0 Å². The molecule has 0 radical (unpaired) electrons. The molecular weight excluding hydrogens is 148 g/mol. The highest BCUT2D eigenvalue weighted by Gasteiger charge is 2.76. The summed E-state index contributed by atoms with van der Waals surface area (Å²) in [7, 11) is 0. The Morgan fingerprint density at radius 1 is 1.42 bits per heavy atom. The number of allylic oxidation sites excluding steroid dienone is 2. The molecule has 0 bridgehead atoms. The zero-order valence-corrected chi connectivity index (χ0v) is 7.64. The van der Waals surface area contributed by atoms with E-state index in [2.05, 4.69) is 19.1 Å². The molecule has 0 heterocycles. The maximum absolute atomic E-state index is 9.49. The van der Waals surface area contributed by atoms with Gasteiger partial charge in [-0.05, 0) is 31.1 Å². The standard InChI is InChI=1S/C11H16O/c1-9-5-6-10(8-12)3-2-4-11(9,10)7-9/h2,4,12H,3,5-8H2,1H3. The van der Waals surface area contributed by atoms with Crippen LogP contribution in [-0.2, 0) is 0 Å². The summed E-state index contributed by atoms with van der Waals surface area (Å²) in [5, 5.41) is 9.49. The average Bonchev–Trinajstić information content (AvgIpc) is 2.40. The molecule has 0 aromatic heterocycles. The molecule has 2 fully saturated rings. The Hall–Kier alpha value is -0.300. The quantitative estimate of drug-likeness (QED) is 0.588. The Morgan fingerprint density at radius 3 is 2.83 bits per heavy atom. The van der Waals surface area contributed by atoms with E-state index in [1.54, 1.807) is 0 Å². The van der Waals surface area contributed by atoms with Crippen LogP contribution in [-0.4, -0.2) is 11.7 Å². The number of hydrogen-bond donors (Lipinski definition) is 1. The van der Waals surface area contributed by atoms with Crippen LogP contribution in [0.15, 0.2) is 12.2 Å². The molecule has 3 unspecified atom stereocenters. The molecule has 3 atom stereocenters. The zero-order valence-electron chi connectivity index (χ0n) is 7.64. The summed E-state index contributed by atoms with van der Waals surface area (Å²) < 4.78 is 0. The van der Waals surface area contributed by atoms with Crippen molar-refractivity contribution < 1.29 is 5.11 Å². The van der Waals surface area contributed by atoms with Crippen molar-refractivity contribution in [1.29, 1.82) is 0 Å². The van der Waals surface area contributed by atoms with E-state index in [1.165, 1.54) is 19.3 Å². The van der Waals surface area contributed by atoms with Crippen molar-refractivity contribution in [2.75, 3.05) is 6.61 Å². The third-order valence-corrected chi connectivity index (χ3v) is 4.94. The number of rotatable bonds is 1. The highest BCUT2D eigenvalue weighted by molar-refractivity contribution is 5.36. The topological polar surface area (TPSA) is 20.2 Å². The van der Waals surface area contributed by atoms with Crippen molar-refractivity contribution in [3.05, 3.63) is 12.2 Å². The first-order valence-corrected chi connectivity index (χ1v) is 4.97. The minimum absolute atomic E-state index is 0.266. The molecule has 0 aliphatic heterocycles. The Labute approximate surface area is 73.5 Å². The lowest BCUT2D eigenvalue weighted by Gasteiger charge is -2.30. The summed E-state index contributed by atoms with van der Waals surface area (Å²) in [6, 6.07) is 0. The Kier molecular flexibility index (Phi) is 0.981. The van der Waals surface area contributed by atoms with Crippen LogP contribution in [0.1, 0.15) is 32.6 Å². The van der Waals surface area contributed by atoms with Crippen LogP contribution in [0.3, 0.4) is 0 Å². The van der Waals surface area contributed by atoms with Gasteiger partial charge in [-0.25, -0.2) is 0 Å². The monoisotopic (exact) mass is 164 g/mol. The second-order valence-electron chi connectivity index (χ2n) is 5.25. The molecule has 12 heavy (non-hydrogen) atoms. The first-order chi connectivity index (χ1) is 5.68. The molecule has 1 heteroatoms. The second-order valence-corrected chi connectivity index (χ2v) is 5.25. The fraction of sp³-hybridized carbons (Fsp3) is 0.818. The van der Waals surface area contributed by atoms with Gasteiger partial charge in [0.25, 0.3) is 0 Å². The lowest BCUT2D eigenvalue weighted by atomic mass is 9.75. The van der Waals surface area contributed by atoms with E-state index in [9.17, 15) is 5.11 Å². The molecule has 66 valence electrons. The number of hydrogen-bond acceptors (Lipinski definition) is 1. The Morgan fingerprint density at radius 2 is 2.25 bits per heavy atom. The molecule has 1 nitrogen and oxygen atoms in total. The molecule has 3 aliphatic carbocycles. The summed E-state index contributed by atoms with van der Waals surface area (Å²) in [4.78, 5) is 0. The molecule has 3 rings (SSSR count). The second kappa shape index (κ2) is 1.65.